The zero-order valence-electron chi connectivity index (χ0n) is 15.2. The van der Waals surface area contributed by atoms with Crippen molar-refractivity contribution in [2.24, 2.45) is 10.2 Å². The summed E-state index contributed by atoms with van der Waals surface area (Å²) in [4.78, 5) is 34.8. The van der Waals surface area contributed by atoms with Crippen molar-refractivity contribution in [3.63, 3.8) is 0 Å². The summed E-state index contributed by atoms with van der Waals surface area (Å²) in [5.41, 5.74) is 1.73. The molecule has 1 heterocycles. The quantitative estimate of drug-likeness (QED) is 0.324. The molecule has 1 unspecified atom stereocenters. The van der Waals surface area contributed by atoms with E-state index in [4.69, 9.17) is 11.6 Å². The molecule has 3 rings (SSSR count). The van der Waals surface area contributed by atoms with Crippen molar-refractivity contribution in [2.45, 2.75) is 18.6 Å². The third kappa shape index (κ3) is 5.27. The van der Waals surface area contributed by atoms with E-state index in [0.717, 1.165) is 17.3 Å². The minimum atomic E-state index is -0.606. The van der Waals surface area contributed by atoms with Crippen LogP contribution in [-0.4, -0.2) is 33.2 Å². The molecule has 2 aromatic rings. The molecule has 1 atom stereocenters. The van der Waals surface area contributed by atoms with Crippen LogP contribution in [0.4, 0.5) is 5.69 Å². The Hall–Kier alpha value is -3.04. The second-order valence-corrected chi connectivity index (χ2v) is 7.79. The van der Waals surface area contributed by atoms with Crippen LogP contribution in [0.5, 0.6) is 0 Å². The molecule has 0 saturated carbocycles. The SMILES string of the molecule is Cc1cc(C(=O)CC2S/C(=N\N=C\c3cccc([N+](=O)[O-])c3)NC2=O)ccc1Cl. The molecule has 0 aromatic heterocycles. The van der Waals surface area contributed by atoms with Crippen molar-refractivity contribution in [1.29, 1.82) is 0 Å². The van der Waals surface area contributed by atoms with Gasteiger partial charge in [-0.25, -0.2) is 0 Å². The molecule has 10 heteroatoms. The molecule has 1 amide bonds. The van der Waals surface area contributed by atoms with Crippen molar-refractivity contribution >= 4 is 52.1 Å². The van der Waals surface area contributed by atoms with Crippen molar-refractivity contribution < 1.29 is 14.5 Å². The van der Waals surface area contributed by atoms with E-state index in [0.29, 0.717) is 16.1 Å². The van der Waals surface area contributed by atoms with Crippen LogP contribution < -0.4 is 5.32 Å². The number of carbonyl (C=O) groups excluding carboxylic acids is 2. The number of hydrogen-bond donors (Lipinski definition) is 1. The van der Waals surface area contributed by atoms with E-state index in [9.17, 15) is 19.7 Å². The van der Waals surface area contributed by atoms with Crippen molar-refractivity contribution in [2.75, 3.05) is 0 Å². The number of amidine groups is 1. The Morgan fingerprint density at radius 1 is 1.34 bits per heavy atom. The lowest BCUT2D eigenvalue weighted by atomic mass is 10.0. The number of benzene rings is 2. The predicted octanol–water partition coefficient (Wildman–Crippen LogP) is 3.75. The van der Waals surface area contributed by atoms with Crippen LogP contribution in [0.1, 0.15) is 27.9 Å². The molecular weight excluding hydrogens is 416 g/mol. The summed E-state index contributed by atoms with van der Waals surface area (Å²) < 4.78 is 0. The van der Waals surface area contributed by atoms with Gasteiger partial charge in [0.05, 0.1) is 16.4 Å². The molecule has 1 fully saturated rings. The van der Waals surface area contributed by atoms with E-state index in [1.165, 1.54) is 18.3 Å². The van der Waals surface area contributed by atoms with Gasteiger partial charge in [0.25, 0.3) is 5.69 Å². The maximum absolute atomic E-state index is 12.4. The van der Waals surface area contributed by atoms with Gasteiger partial charge in [0.2, 0.25) is 5.91 Å². The number of amides is 1. The Labute approximate surface area is 175 Å². The van der Waals surface area contributed by atoms with Crippen LogP contribution in [0.2, 0.25) is 5.02 Å². The fourth-order valence-corrected chi connectivity index (χ4v) is 3.60. The monoisotopic (exact) mass is 430 g/mol. The van der Waals surface area contributed by atoms with Crippen LogP contribution in [0.3, 0.4) is 0 Å². The Kier molecular flexibility index (Phi) is 6.40. The highest BCUT2D eigenvalue weighted by molar-refractivity contribution is 8.15. The van der Waals surface area contributed by atoms with Gasteiger partial charge >= 0.3 is 0 Å². The lowest BCUT2D eigenvalue weighted by Gasteiger charge is -2.06. The molecule has 0 radical (unpaired) electrons. The fraction of sp³-hybridized carbons (Fsp3) is 0.158. The van der Waals surface area contributed by atoms with Gasteiger partial charge < -0.3 is 5.32 Å². The normalized spacial score (nSPS) is 17.7. The average molecular weight is 431 g/mol. The van der Waals surface area contributed by atoms with E-state index < -0.39 is 10.2 Å². The van der Waals surface area contributed by atoms with Gasteiger partial charge in [-0.05, 0) is 30.7 Å². The Morgan fingerprint density at radius 2 is 2.14 bits per heavy atom. The number of carbonyl (C=O) groups is 2. The highest BCUT2D eigenvalue weighted by atomic mass is 35.5. The molecule has 8 nitrogen and oxygen atoms in total. The fourth-order valence-electron chi connectivity index (χ4n) is 2.56. The first-order chi connectivity index (χ1) is 13.8. The number of halogens is 1. The number of thioether (sulfide) groups is 1. The number of nitrogens with one attached hydrogen (secondary N) is 1. The first-order valence-electron chi connectivity index (χ1n) is 8.46. The molecule has 1 N–H and O–H groups in total. The number of Topliss-reactive ketones (excluding diaryl/α,β-unsaturated/α-hetero) is 1. The van der Waals surface area contributed by atoms with E-state index in [2.05, 4.69) is 15.5 Å². The molecule has 1 aliphatic heterocycles. The number of hydrogen-bond acceptors (Lipinski definition) is 7. The number of nitrogens with zero attached hydrogens (tertiary/aromatic N) is 3. The second kappa shape index (κ2) is 8.97. The lowest BCUT2D eigenvalue weighted by Crippen LogP contribution is -2.26. The van der Waals surface area contributed by atoms with E-state index in [1.54, 1.807) is 37.3 Å². The first-order valence-corrected chi connectivity index (χ1v) is 9.71. The average Bonchev–Trinajstić information content (AvgIpc) is 3.03. The Morgan fingerprint density at radius 3 is 2.86 bits per heavy atom. The summed E-state index contributed by atoms with van der Waals surface area (Å²) in [6.45, 7) is 1.81. The number of non-ortho nitro benzene ring substituents is 1. The minimum absolute atomic E-state index is 0.0190. The summed E-state index contributed by atoms with van der Waals surface area (Å²) in [5.74, 6) is -0.489. The van der Waals surface area contributed by atoms with Crippen molar-refractivity contribution in [1.82, 2.24) is 5.32 Å². The topological polar surface area (TPSA) is 114 Å². The number of nitro benzene ring substituents is 1. The molecule has 0 bridgehead atoms. The van der Waals surface area contributed by atoms with Crippen LogP contribution in [0.15, 0.2) is 52.7 Å². The highest BCUT2D eigenvalue weighted by Gasteiger charge is 2.32. The largest absolute Gasteiger partial charge is 0.303 e. The first kappa shape index (κ1) is 20.7. The molecular formula is C19H15ClN4O4S. The molecule has 2 aromatic carbocycles. The zero-order valence-corrected chi connectivity index (χ0v) is 16.7. The summed E-state index contributed by atoms with van der Waals surface area (Å²) in [6, 6.07) is 10.9. The summed E-state index contributed by atoms with van der Waals surface area (Å²) in [7, 11) is 0. The Bertz CT molecular complexity index is 1050. The maximum atomic E-state index is 12.4. The standard InChI is InChI=1S/C19H15ClN4O4S/c1-11-7-13(5-6-15(11)20)16(25)9-17-18(26)22-19(29-17)23-21-10-12-3-2-4-14(8-12)24(27)28/h2-8,10,17H,9H2,1H3,(H,22,23,26)/b21-10+. The van der Waals surface area contributed by atoms with Crippen LogP contribution >= 0.6 is 23.4 Å². The van der Waals surface area contributed by atoms with E-state index >= 15 is 0 Å². The lowest BCUT2D eigenvalue weighted by molar-refractivity contribution is -0.384. The summed E-state index contributed by atoms with van der Waals surface area (Å²) in [6.07, 6.45) is 1.37. The maximum Gasteiger partial charge on any atom is 0.270 e. The third-order valence-corrected chi connectivity index (χ3v) is 5.56. The number of rotatable bonds is 6. The third-order valence-electron chi connectivity index (χ3n) is 4.06. The van der Waals surface area contributed by atoms with Gasteiger partial charge in [0, 0.05) is 34.7 Å². The van der Waals surface area contributed by atoms with Gasteiger partial charge in [0.15, 0.2) is 11.0 Å². The smallest absolute Gasteiger partial charge is 0.270 e. The van der Waals surface area contributed by atoms with Crippen molar-refractivity contribution in [3.8, 4) is 0 Å². The second-order valence-electron chi connectivity index (χ2n) is 6.19. The molecule has 1 aliphatic rings. The molecule has 0 aliphatic carbocycles. The number of ketones is 1. The van der Waals surface area contributed by atoms with E-state index in [1.807, 2.05) is 0 Å². The zero-order chi connectivity index (χ0) is 21.0. The summed E-state index contributed by atoms with van der Waals surface area (Å²) >= 11 is 7.09. The van der Waals surface area contributed by atoms with Gasteiger partial charge in [-0.2, -0.15) is 5.10 Å². The van der Waals surface area contributed by atoms with Crippen LogP contribution in [-0.2, 0) is 4.79 Å². The highest BCUT2D eigenvalue weighted by Crippen LogP contribution is 2.25. The van der Waals surface area contributed by atoms with Crippen LogP contribution in [0.25, 0.3) is 0 Å². The van der Waals surface area contributed by atoms with Gasteiger partial charge in [0.1, 0.15) is 0 Å². The van der Waals surface area contributed by atoms with Gasteiger partial charge in [-0.3, -0.25) is 19.7 Å². The molecule has 29 heavy (non-hydrogen) atoms. The summed E-state index contributed by atoms with van der Waals surface area (Å²) in [5, 5.41) is 21.4. The molecule has 148 valence electrons. The minimum Gasteiger partial charge on any atom is -0.303 e. The molecule has 0 spiro atoms. The predicted molar refractivity (Wildman–Crippen MR) is 113 cm³/mol. The Balaban J connectivity index is 1.63. The molecule has 1 saturated heterocycles. The van der Waals surface area contributed by atoms with Gasteiger partial charge in [-0.15, -0.1) is 5.10 Å². The van der Waals surface area contributed by atoms with Crippen molar-refractivity contribution in [3.05, 3.63) is 74.3 Å². The number of nitro groups is 1. The van der Waals surface area contributed by atoms with E-state index in [-0.39, 0.29) is 29.0 Å². The van der Waals surface area contributed by atoms with Gasteiger partial charge in [-0.1, -0.05) is 35.5 Å². The number of aryl methyl sites for hydroxylation is 1. The van der Waals surface area contributed by atoms with Crippen LogP contribution in [0, 0.1) is 17.0 Å².